The third kappa shape index (κ3) is 2.89. The zero-order chi connectivity index (χ0) is 15.5. The Kier molecular flexibility index (Phi) is 3.97. The molecule has 0 unspecified atom stereocenters. The number of carbonyl (C=O) groups excluding carboxylic acids is 2. The van der Waals surface area contributed by atoms with Gasteiger partial charge in [-0.3, -0.25) is 20.0 Å². The molecule has 0 bridgehead atoms. The van der Waals surface area contributed by atoms with Gasteiger partial charge < -0.3 is 5.11 Å². The first-order chi connectivity index (χ1) is 10.6. The molecular weight excluding hydrogens is 302 g/mol. The molecule has 22 heavy (non-hydrogen) atoms. The molecule has 1 aliphatic heterocycles. The van der Waals surface area contributed by atoms with Crippen molar-refractivity contribution in [3.05, 3.63) is 59.9 Å². The average molecular weight is 315 g/mol. The molecule has 2 N–H and O–H groups in total. The van der Waals surface area contributed by atoms with Crippen LogP contribution in [0.5, 0.6) is 5.75 Å². The smallest absolute Gasteiger partial charge is 0.269 e. The van der Waals surface area contributed by atoms with Gasteiger partial charge >= 0.3 is 0 Å². The van der Waals surface area contributed by atoms with Crippen molar-refractivity contribution in [1.82, 2.24) is 15.4 Å². The fraction of sp³-hybridized carbons (Fsp3) is 0.133. The summed E-state index contributed by atoms with van der Waals surface area (Å²) in [5.41, 5.74) is 3.69. The van der Waals surface area contributed by atoms with Crippen LogP contribution < -0.4 is 5.43 Å². The maximum Gasteiger partial charge on any atom is 0.269 e. The van der Waals surface area contributed by atoms with Gasteiger partial charge in [-0.1, -0.05) is 6.07 Å². The van der Waals surface area contributed by atoms with Gasteiger partial charge in [0.25, 0.3) is 11.8 Å². The van der Waals surface area contributed by atoms with Gasteiger partial charge in [0, 0.05) is 11.8 Å². The van der Waals surface area contributed by atoms with E-state index < -0.39 is 5.91 Å². The number of aromatic hydroxyl groups is 1. The van der Waals surface area contributed by atoms with Gasteiger partial charge in [-0.15, -0.1) is 11.8 Å². The highest BCUT2D eigenvalue weighted by Gasteiger charge is 2.35. The molecular formula is C15H13N3O3S. The number of benzene rings is 1. The third-order valence-electron chi connectivity index (χ3n) is 3.16. The Morgan fingerprint density at radius 1 is 1.27 bits per heavy atom. The molecule has 0 aliphatic carbocycles. The fourth-order valence-electron chi connectivity index (χ4n) is 2.07. The number of nitrogens with zero attached hydrogens (tertiary/aromatic N) is 2. The second-order valence-electron chi connectivity index (χ2n) is 4.67. The maximum atomic E-state index is 12.2. The number of nitrogens with one attached hydrogen (secondary N) is 1. The van der Waals surface area contributed by atoms with Crippen LogP contribution >= 0.6 is 11.8 Å². The summed E-state index contributed by atoms with van der Waals surface area (Å²) in [5.74, 6) is -0.211. The van der Waals surface area contributed by atoms with E-state index >= 15 is 0 Å². The molecule has 0 spiro atoms. The molecule has 0 saturated carbocycles. The van der Waals surface area contributed by atoms with Crippen molar-refractivity contribution >= 4 is 23.6 Å². The number of amides is 2. The highest BCUT2D eigenvalue weighted by atomic mass is 32.2. The van der Waals surface area contributed by atoms with Gasteiger partial charge in [0.15, 0.2) is 0 Å². The topological polar surface area (TPSA) is 82.5 Å². The second kappa shape index (κ2) is 6.07. The molecule has 1 saturated heterocycles. The SMILES string of the molecule is O=C(NN1C(=O)CS[C@@H]1c1ccccn1)c1ccc(O)cc1. The van der Waals surface area contributed by atoms with Crippen molar-refractivity contribution in [2.24, 2.45) is 0 Å². The predicted octanol–water partition coefficient (Wildman–Crippen LogP) is 1.71. The summed E-state index contributed by atoms with van der Waals surface area (Å²) >= 11 is 1.41. The minimum absolute atomic E-state index is 0.0794. The summed E-state index contributed by atoms with van der Waals surface area (Å²) < 4.78 is 0. The summed E-state index contributed by atoms with van der Waals surface area (Å²) in [6.45, 7) is 0. The van der Waals surface area contributed by atoms with Crippen LogP contribution in [0.4, 0.5) is 0 Å². The Morgan fingerprint density at radius 2 is 2.05 bits per heavy atom. The molecule has 1 atom stereocenters. The number of hydrogen-bond donors (Lipinski definition) is 2. The molecule has 112 valence electrons. The fourth-order valence-corrected chi connectivity index (χ4v) is 3.14. The third-order valence-corrected chi connectivity index (χ3v) is 4.34. The maximum absolute atomic E-state index is 12.2. The van der Waals surface area contributed by atoms with E-state index in [2.05, 4.69) is 10.4 Å². The first-order valence-corrected chi connectivity index (χ1v) is 7.64. The average Bonchev–Trinajstić information content (AvgIpc) is 2.90. The monoisotopic (exact) mass is 315 g/mol. The van der Waals surface area contributed by atoms with Crippen molar-refractivity contribution in [3.8, 4) is 5.75 Å². The highest BCUT2D eigenvalue weighted by Crippen LogP contribution is 2.36. The van der Waals surface area contributed by atoms with Crippen molar-refractivity contribution in [3.63, 3.8) is 0 Å². The van der Waals surface area contributed by atoms with Gasteiger partial charge in [-0.05, 0) is 36.4 Å². The number of phenols is 1. The molecule has 7 heteroatoms. The van der Waals surface area contributed by atoms with Gasteiger partial charge in [-0.25, -0.2) is 5.01 Å². The predicted molar refractivity (Wildman–Crippen MR) is 81.9 cm³/mol. The first kappa shape index (κ1) is 14.4. The normalized spacial score (nSPS) is 17.5. The summed E-state index contributed by atoms with van der Waals surface area (Å²) in [6.07, 6.45) is 1.65. The summed E-state index contributed by atoms with van der Waals surface area (Å²) in [6, 6.07) is 11.3. The van der Waals surface area contributed by atoms with Gasteiger partial charge in [0.2, 0.25) is 0 Å². The Labute approximate surface area is 131 Å². The highest BCUT2D eigenvalue weighted by molar-refractivity contribution is 8.00. The number of pyridine rings is 1. The van der Waals surface area contributed by atoms with Crippen LogP contribution in [0.15, 0.2) is 48.7 Å². The molecule has 6 nitrogen and oxygen atoms in total. The van der Waals surface area contributed by atoms with E-state index in [0.717, 1.165) is 0 Å². The number of hydrogen-bond acceptors (Lipinski definition) is 5. The van der Waals surface area contributed by atoms with Gasteiger partial charge in [0.05, 0.1) is 11.4 Å². The quantitative estimate of drug-likeness (QED) is 0.901. The van der Waals surface area contributed by atoms with E-state index in [-0.39, 0.29) is 22.8 Å². The van der Waals surface area contributed by atoms with E-state index in [4.69, 9.17) is 0 Å². The van der Waals surface area contributed by atoms with Crippen LogP contribution in [-0.4, -0.2) is 32.7 Å². The summed E-state index contributed by atoms with van der Waals surface area (Å²) in [7, 11) is 0. The van der Waals surface area contributed by atoms with Crippen LogP contribution in [0.25, 0.3) is 0 Å². The lowest BCUT2D eigenvalue weighted by atomic mass is 10.2. The van der Waals surface area contributed by atoms with Gasteiger partial charge in [0.1, 0.15) is 11.1 Å². The molecule has 0 radical (unpaired) electrons. The van der Waals surface area contributed by atoms with Crippen molar-refractivity contribution < 1.29 is 14.7 Å². The van der Waals surface area contributed by atoms with Crippen LogP contribution in [0.2, 0.25) is 0 Å². The Balaban J connectivity index is 1.78. The lowest BCUT2D eigenvalue weighted by molar-refractivity contribution is -0.130. The van der Waals surface area contributed by atoms with Crippen LogP contribution in [0, 0.1) is 0 Å². The molecule has 2 heterocycles. The number of thioether (sulfide) groups is 1. The van der Waals surface area contributed by atoms with Crippen molar-refractivity contribution in [2.75, 3.05) is 5.75 Å². The van der Waals surface area contributed by atoms with E-state index in [1.165, 1.54) is 41.0 Å². The Hall–Kier alpha value is -2.54. The summed E-state index contributed by atoms with van der Waals surface area (Å²) in [5, 5.41) is 10.2. The minimum atomic E-state index is -0.406. The minimum Gasteiger partial charge on any atom is -0.508 e. The van der Waals surface area contributed by atoms with Crippen LogP contribution in [-0.2, 0) is 4.79 Å². The molecule has 2 amide bonds. The van der Waals surface area contributed by atoms with Crippen LogP contribution in [0.1, 0.15) is 21.4 Å². The number of phenolic OH excluding ortho intramolecular Hbond substituents is 1. The molecule has 1 fully saturated rings. The first-order valence-electron chi connectivity index (χ1n) is 6.60. The largest absolute Gasteiger partial charge is 0.508 e. The Morgan fingerprint density at radius 3 is 2.73 bits per heavy atom. The molecule has 1 aromatic carbocycles. The summed E-state index contributed by atoms with van der Waals surface area (Å²) in [4.78, 5) is 28.5. The number of carbonyl (C=O) groups is 2. The molecule has 1 aliphatic rings. The lowest BCUT2D eigenvalue weighted by Crippen LogP contribution is -2.44. The number of rotatable bonds is 3. The van der Waals surface area contributed by atoms with E-state index in [9.17, 15) is 14.7 Å². The zero-order valence-corrected chi connectivity index (χ0v) is 12.3. The van der Waals surface area contributed by atoms with Crippen LogP contribution in [0.3, 0.4) is 0 Å². The lowest BCUT2D eigenvalue weighted by Gasteiger charge is -2.23. The zero-order valence-electron chi connectivity index (χ0n) is 11.5. The van der Waals surface area contributed by atoms with Gasteiger partial charge in [-0.2, -0.15) is 0 Å². The molecule has 3 rings (SSSR count). The van der Waals surface area contributed by atoms with Crippen molar-refractivity contribution in [1.29, 1.82) is 0 Å². The molecule has 1 aromatic heterocycles. The molecule has 2 aromatic rings. The number of hydrazine groups is 1. The second-order valence-corrected chi connectivity index (χ2v) is 5.74. The van der Waals surface area contributed by atoms with E-state index in [1.807, 2.05) is 12.1 Å². The van der Waals surface area contributed by atoms with E-state index in [1.54, 1.807) is 12.3 Å². The Bertz CT molecular complexity index is 691. The van der Waals surface area contributed by atoms with E-state index in [0.29, 0.717) is 11.3 Å². The number of aromatic nitrogens is 1. The van der Waals surface area contributed by atoms with Crippen molar-refractivity contribution in [2.45, 2.75) is 5.37 Å². The standard InChI is InChI=1S/C15H13N3O3S/c19-11-6-4-10(5-7-11)14(21)17-18-13(20)9-22-15(18)12-3-1-2-8-16-12/h1-8,15,19H,9H2,(H,17,21)/t15-/m1/s1.